The summed E-state index contributed by atoms with van der Waals surface area (Å²) in [6.07, 6.45) is 0. The molecule has 2 aromatic carbocycles. The van der Waals surface area contributed by atoms with Gasteiger partial charge in [0.15, 0.2) is 0 Å². The number of aromatic nitrogens is 1. The minimum absolute atomic E-state index is 0.0699. The van der Waals surface area contributed by atoms with Crippen LogP contribution in [0.1, 0.15) is 21.9 Å². The van der Waals surface area contributed by atoms with Gasteiger partial charge in [-0.25, -0.2) is 4.98 Å². The number of hydrogen-bond donors (Lipinski definition) is 0. The Morgan fingerprint density at radius 1 is 1.00 bits per heavy atom. The van der Waals surface area contributed by atoms with Gasteiger partial charge >= 0.3 is 0 Å². The van der Waals surface area contributed by atoms with Crippen LogP contribution < -0.4 is 0 Å². The summed E-state index contributed by atoms with van der Waals surface area (Å²) in [7, 11) is 3.59. The fraction of sp³-hybridized carbons (Fsp3) is 0.238. The number of aryl methyl sites for hydroxylation is 2. The van der Waals surface area contributed by atoms with E-state index >= 15 is 0 Å². The molecular formula is C21H22N2OS. The molecular weight excluding hydrogens is 328 g/mol. The first-order valence-electron chi connectivity index (χ1n) is 8.27. The Morgan fingerprint density at radius 3 is 2.40 bits per heavy atom. The molecule has 0 saturated carbocycles. The average Bonchev–Trinajstić information content (AvgIpc) is 2.61. The molecule has 0 N–H and O–H groups in total. The molecule has 0 radical (unpaired) electrons. The van der Waals surface area contributed by atoms with Crippen LogP contribution in [-0.4, -0.2) is 29.9 Å². The molecule has 0 aliphatic heterocycles. The van der Waals surface area contributed by atoms with Crippen molar-refractivity contribution in [3.63, 3.8) is 0 Å². The Balaban J connectivity index is 2.04. The Hall–Kier alpha value is -2.33. The van der Waals surface area contributed by atoms with Gasteiger partial charge in [0.25, 0.3) is 0 Å². The lowest BCUT2D eigenvalue weighted by molar-refractivity contribution is -0.128. The second-order valence-electron chi connectivity index (χ2n) is 6.39. The first-order chi connectivity index (χ1) is 12.0. The third kappa shape index (κ3) is 3.69. The molecule has 0 bridgehead atoms. The van der Waals surface area contributed by atoms with Crippen molar-refractivity contribution in [3.8, 4) is 0 Å². The highest BCUT2D eigenvalue weighted by Crippen LogP contribution is 2.37. The van der Waals surface area contributed by atoms with E-state index in [-0.39, 0.29) is 11.2 Å². The van der Waals surface area contributed by atoms with Gasteiger partial charge in [0.1, 0.15) is 5.25 Å². The van der Waals surface area contributed by atoms with Gasteiger partial charge in [-0.1, -0.05) is 60.3 Å². The number of amides is 1. The largest absolute Gasteiger partial charge is 0.348 e. The van der Waals surface area contributed by atoms with Crippen molar-refractivity contribution in [2.24, 2.45) is 0 Å². The van der Waals surface area contributed by atoms with E-state index in [2.05, 4.69) is 38.1 Å². The topological polar surface area (TPSA) is 33.2 Å². The zero-order valence-electron chi connectivity index (χ0n) is 15.0. The number of carbonyl (C=O) groups is 1. The van der Waals surface area contributed by atoms with Gasteiger partial charge in [-0.2, -0.15) is 0 Å². The van der Waals surface area contributed by atoms with Gasteiger partial charge in [0.05, 0.1) is 10.5 Å². The number of benzene rings is 2. The maximum atomic E-state index is 12.7. The van der Waals surface area contributed by atoms with Crippen molar-refractivity contribution in [2.75, 3.05) is 14.1 Å². The van der Waals surface area contributed by atoms with Crippen LogP contribution in [0.25, 0.3) is 10.9 Å². The lowest BCUT2D eigenvalue weighted by Crippen LogP contribution is -2.26. The van der Waals surface area contributed by atoms with Crippen molar-refractivity contribution >= 4 is 28.6 Å². The predicted molar refractivity (Wildman–Crippen MR) is 105 cm³/mol. The van der Waals surface area contributed by atoms with Crippen LogP contribution >= 0.6 is 11.8 Å². The number of hydrogen-bond acceptors (Lipinski definition) is 3. The molecule has 0 saturated heterocycles. The Labute approximate surface area is 153 Å². The molecule has 0 fully saturated rings. The molecule has 0 unspecified atom stereocenters. The van der Waals surface area contributed by atoms with Crippen LogP contribution in [0.4, 0.5) is 0 Å². The second-order valence-corrected chi connectivity index (χ2v) is 7.52. The standard InChI is InChI=1S/C21H22N2OS/c1-14-9-8-12-17-15(2)13-18(22-19(14)17)25-20(21(24)23(3)4)16-10-6-5-7-11-16/h5-13,20H,1-4H3/t20-/m0/s1. The quantitative estimate of drug-likeness (QED) is 0.635. The smallest absolute Gasteiger partial charge is 0.240 e. The van der Waals surface area contributed by atoms with Crippen molar-refractivity contribution in [2.45, 2.75) is 24.1 Å². The van der Waals surface area contributed by atoms with E-state index in [1.165, 1.54) is 22.7 Å². The third-order valence-corrected chi connectivity index (χ3v) is 5.39. The summed E-state index contributed by atoms with van der Waals surface area (Å²) in [5.74, 6) is 0.0699. The number of fused-ring (bicyclic) bond motifs is 1. The minimum Gasteiger partial charge on any atom is -0.348 e. The molecule has 0 aliphatic carbocycles. The number of para-hydroxylation sites is 1. The molecule has 25 heavy (non-hydrogen) atoms. The number of carbonyl (C=O) groups excluding carboxylic acids is 1. The van der Waals surface area contributed by atoms with Crippen LogP contribution in [-0.2, 0) is 4.79 Å². The van der Waals surface area contributed by atoms with Crippen molar-refractivity contribution in [1.82, 2.24) is 9.88 Å². The van der Waals surface area contributed by atoms with E-state index in [9.17, 15) is 4.79 Å². The first kappa shape index (κ1) is 17.5. The Kier molecular flexibility index (Phi) is 5.09. The fourth-order valence-corrected chi connectivity index (χ4v) is 4.07. The molecule has 0 aliphatic rings. The number of nitrogens with zero attached hydrogens (tertiary/aromatic N) is 2. The summed E-state index contributed by atoms with van der Waals surface area (Å²) in [6.45, 7) is 4.17. The van der Waals surface area contributed by atoms with E-state index in [0.29, 0.717) is 0 Å². The van der Waals surface area contributed by atoms with Gasteiger partial charge in [-0.15, -0.1) is 0 Å². The van der Waals surface area contributed by atoms with Crippen LogP contribution in [0.15, 0.2) is 59.6 Å². The highest BCUT2D eigenvalue weighted by molar-refractivity contribution is 8.00. The molecule has 128 valence electrons. The van der Waals surface area contributed by atoms with Crippen molar-refractivity contribution in [3.05, 3.63) is 71.3 Å². The maximum absolute atomic E-state index is 12.7. The summed E-state index contributed by atoms with van der Waals surface area (Å²) in [6, 6.07) is 18.2. The number of likely N-dealkylation sites (N-methyl/N-ethyl adjacent to an activating group) is 1. The van der Waals surface area contributed by atoms with E-state index in [1.54, 1.807) is 19.0 Å². The van der Waals surface area contributed by atoms with Gasteiger partial charge < -0.3 is 4.90 Å². The normalized spacial score (nSPS) is 12.2. The van der Waals surface area contributed by atoms with Crippen LogP contribution in [0.5, 0.6) is 0 Å². The Bertz CT molecular complexity index is 906. The Morgan fingerprint density at radius 2 is 1.72 bits per heavy atom. The molecule has 1 amide bonds. The molecule has 3 aromatic rings. The summed E-state index contributed by atoms with van der Waals surface area (Å²) in [5.41, 5.74) is 4.34. The van der Waals surface area contributed by atoms with Gasteiger partial charge in [-0.05, 0) is 36.6 Å². The average molecular weight is 350 g/mol. The van der Waals surface area contributed by atoms with E-state index in [0.717, 1.165) is 21.7 Å². The summed E-state index contributed by atoms with van der Waals surface area (Å²) >= 11 is 1.51. The van der Waals surface area contributed by atoms with Gasteiger partial charge in [-0.3, -0.25) is 4.79 Å². The summed E-state index contributed by atoms with van der Waals surface area (Å²) in [4.78, 5) is 19.2. The van der Waals surface area contributed by atoms with E-state index < -0.39 is 0 Å². The van der Waals surface area contributed by atoms with Gasteiger partial charge in [0, 0.05) is 19.5 Å². The third-order valence-electron chi connectivity index (χ3n) is 4.23. The van der Waals surface area contributed by atoms with Crippen molar-refractivity contribution in [1.29, 1.82) is 0 Å². The molecule has 1 atom stereocenters. The van der Waals surface area contributed by atoms with Gasteiger partial charge in [0.2, 0.25) is 5.91 Å². The minimum atomic E-state index is -0.301. The highest BCUT2D eigenvalue weighted by Gasteiger charge is 2.24. The highest BCUT2D eigenvalue weighted by atomic mass is 32.2. The lowest BCUT2D eigenvalue weighted by Gasteiger charge is -2.20. The van der Waals surface area contributed by atoms with Crippen LogP contribution in [0.2, 0.25) is 0 Å². The van der Waals surface area contributed by atoms with E-state index in [4.69, 9.17) is 4.98 Å². The zero-order chi connectivity index (χ0) is 18.0. The molecule has 1 aromatic heterocycles. The fourth-order valence-electron chi connectivity index (χ4n) is 2.84. The lowest BCUT2D eigenvalue weighted by atomic mass is 10.1. The molecule has 0 spiro atoms. The number of pyridine rings is 1. The number of rotatable bonds is 4. The first-order valence-corrected chi connectivity index (χ1v) is 9.15. The number of thioether (sulfide) groups is 1. The van der Waals surface area contributed by atoms with Crippen LogP contribution in [0.3, 0.4) is 0 Å². The molecule has 3 nitrogen and oxygen atoms in total. The molecule has 4 heteroatoms. The van der Waals surface area contributed by atoms with E-state index in [1.807, 2.05) is 30.3 Å². The SMILES string of the molecule is Cc1cc(S[C@H](C(=O)N(C)C)c2ccccc2)nc2c(C)cccc12. The second kappa shape index (κ2) is 7.28. The maximum Gasteiger partial charge on any atom is 0.240 e. The predicted octanol–water partition coefficient (Wildman–Crippen LogP) is 4.77. The molecule has 3 rings (SSSR count). The monoisotopic (exact) mass is 350 g/mol. The zero-order valence-corrected chi connectivity index (χ0v) is 15.8. The molecule has 1 heterocycles. The van der Waals surface area contributed by atoms with Crippen LogP contribution in [0, 0.1) is 13.8 Å². The summed E-state index contributed by atoms with van der Waals surface area (Å²) in [5, 5.41) is 1.74. The summed E-state index contributed by atoms with van der Waals surface area (Å²) < 4.78 is 0. The van der Waals surface area contributed by atoms with Crippen molar-refractivity contribution < 1.29 is 4.79 Å².